The number of carboxylic acids is 1. The number of rotatable bonds is 9. The van der Waals surface area contributed by atoms with E-state index in [4.69, 9.17) is 5.11 Å². The van der Waals surface area contributed by atoms with Crippen molar-refractivity contribution in [2.75, 3.05) is 26.7 Å². The van der Waals surface area contributed by atoms with E-state index in [9.17, 15) is 4.79 Å². The number of carbonyl (C=O) groups is 1. The maximum atomic E-state index is 10.9. The van der Waals surface area contributed by atoms with Crippen LogP contribution in [0.3, 0.4) is 0 Å². The Morgan fingerprint density at radius 2 is 2.19 bits per heavy atom. The SMILES string of the molecule is CCCN(CCC(NC)C(=O)O)CC1CC1. The van der Waals surface area contributed by atoms with Crippen molar-refractivity contribution in [3.63, 3.8) is 0 Å². The van der Waals surface area contributed by atoms with Crippen LogP contribution in [0.15, 0.2) is 0 Å². The molecule has 1 unspecified atom stereocenters. The third-order valence-corrected chi connectivity index (χ3v) is 3.13. The molecule has 1 atom stereocenters. The van der Waals surface area contributed by atoms with Gasteiger partial charge in [0.25, 0.3) is 0 Å². The molecular formula is C12H24N2O2. The second kappa shape index (κ2) is 6.86. The highest BCUT2D eigenvalue weighted by Gasteiger charge is 2.24. The second-order valence-electron chi connectivity index (χ2n) is 4.71. The number of hydrogen-bond donors (Lipinski definition) is 2. The number of carboxylic acid groups (broad SMARTS) is 1. The smallest absolute Gasteiger partial charge is 0.320 e. The molecule has 0 spiro atoms. The van der Waals surface area contributed by atoms with Gasteiger partial charge in [-0.2, -0.15) is 0 Å². The van der Waals surface area contributed by atoms with Crippen LogP contribution in [-0.2, 0) is 4.79 Å². The zero-order valence-corrected chi connectivity index (χ0v) is 10.4. The van der Waals surface area contributed by atoms with Crippen LogP contribution in [0.1, 0.15) is 32.6 Å². The van der Waals surface area contributed by atoms with E-state index in [0.29, 0.717) is 6.42 Å². The fourth-order valence-electron chi connectivity index (χ4n) is 1.98. The van der Waals surface area contributed by atoms with Gasteiger partial charge in [0.15, 0.2) is 0 Å². The van der Waals surface area contributed by atoms with Crippen LogP contribution in [-0.4, -0.2) is 48.7 Å². The van der Waals surface area contributed by atoms with E-state index in [1.54, 1.807) is 7.05 Å². The van der Waals surface area contributed by atoms with Crippen LogP contribution >= 0.6 is 0 Å². The normalized spacial score (nSPS) is 17.7. The van der Waals surface area contributed by atoms with Gasteiger partial charge in [-0.25, -0.2) is 0 Å². The van der Waals surface area contributed by atoms with Gasteiger partial charge in [0, 0.05) is 13.1 Å². The molecule has 4 nitrogen and oxygen atoms in total. The van der Waals surface area contributed by atoms with Crippen molar-refractivity contribution in [1.29, 1.82) is 0 Å². The van der Waals surface area contributed by atoms with Gasteiger partial charge in [-0.05, 0) is 45.2 Å². The Morgan fingerprint density at radius 3 is 2.62 bits per heavy atom. The topological polar surface area (TPSA) is 52.6 Å². The van der Waals surface area contributed by atoms with E-state index in [2.05, 4.69) is 17.1 Å². The van der Waals surface area contributed by atoms with Crippen LogP contribution < -0.4 is 5.32 Å². The molecule has 0 aliphatic heterocycles. The first-order valence-electron chi connectivity index (χ1n) is 6.29. The Kier molecular flexibility index (Phi) is 5.77. The summed E-state index contributed by atoms with van der Waals surface area (Å²) in [6.07, 6.45) is 4.55. The lowest BCUT2D eigenvalue weighted by atomic mass is 10.2. The summed E-state index contributed by atoms with van der Waals surface area (Å²) in [5.74, 6) is 0.134. The molecule has 1 saturated carbocycles. The summed E-state index contributed by atoms with van der Waals surface area (Å²) in [4.78, 5) is 13.3. The minimum atomic E-state index is -0.745. The third kappa shape index (κ3) is 4.94. The summed E-state index contributed by atoms with van der Waals surface area (Å²) in [7, 11) is 1.71. The molecule has 0 aromatic heterocycles. The zero-order valence-electron chi connectivity index (χ0n) is 10.4. The van der Waals surface area contributed by atoms with Crippen LogP contribution in [0.25, 0.3) is 0 Å². The van der Waals surface area contributed by atoms with E-state index in [0.717, 1.165) is 32.0 Å². The van der Waals surface area contributed by atoms with Crippen LogP contribution in [0, 0.1) is 5.92 Å². The number of likely N-dealkylation sites (N-methyl/N-ethyl adjacent to an activating group) is 1. The summed E-state index contributed by atoms with van der Waals surface area (Å²) >= 11 is 0. The number of aliphatic carboxylic acids is 1. The van der Waals surface area contributed by atoms with Gasteiger partial charge in [-0.3, -0.25) is 4.79 Å². The first kappa shape index (κ1) is 13.5. The third-order valence-electron chi connectivity index (χ3n) is 3.13. The highest BCUT2D eigenvalue weighted by atomic mass is 16.4. The molecule has 94 valence electrons. The highest BCUT2D eigenvalue weighted by Crippen LogP contribution is 2.29. The Labute approximate surface area is 98.0 Å². The van der Waals surface area contributed by atoms with Crippen molar-refractivity contribution in [3.05, 3.63) is 0 Å². The summed E-state index contributed by atoms with van der Waals surface area (Å²) in [5.41, 5.74) is 0. The van der Waals surface area contributed by atoms with Gasteiger partial charge in [-0.1, -0.05) is 6.92 Å². The first-order chi connectivity index (χ1) is 7.67. The van der Waals surface area contributed by atoms with Crippen molar-refractivity contribution in [2.45, 2.75) is 38.6 Å². The predicted octanol–water partition coefficient (Wildman–Crippen LogP) is 1.17. The van der Waals surface area contributed by atoms with E-state index >= 15 is 0 Å². The van der Waals surface area contributed by atoms with Crippen molar-refractivity contribution in [2.24, 2.45) is 5.92 Å². The van der Waals surface area contributed by atoms with Crippen molar-refractivity contribution in [1.82, 2.24) is 10.2 Å². The van der Waals surface area contributed by atoms with Gasteiger partial charge in [-0.15, -0.1) is 0 Å². The lowest BCUT2D eigenvalue weighted by Gasteiger charge is -2.23. The lowest BCUT2D eigenvalue weighted by Crippen LogP contribution is -2.38. The second-order valence-corrected chi connectivity index (χ2v) is 4.71. The summed E-state index contributed by atoms with van der Waals surface area (Å²) < 4.78 is 0. The largest absolute Gasteiger partial charge is 0.480 e. The fourth-order valence-corrected chi connectivity index (χ4v) is 1.98. The molecule has 0 aromatic carbocycles. The monoisotopic (exact) mass is 228 g/mol. The number of nitrogens with one attached hydrogen (secondary N) is 1. The predicted molar refractivity (Wildman–Crippen MR) is 64.6 cm³/mol. The minimum Gasteiger partial charge on any atom is -0.480 e. The Hall–Kier alpha value is -0.610. The molecule has 0 heterocycles. The van der Waals surface area contributed by atoms with Gasteiger partial charge >= 0.3 is 5.97 Å². The maximum absolute atomic E-state index is 10.9. The van der Waals surface area contributed by atoms with Crippen LogP contribution in [0.4, 0.5) is 0 Å². The Morgan fingerprint density at radius 1 is 1.50 bits per heavy atom. The molecule has 2 N–H and O–H groups in total. The number of nitrogens with zero attached hydrogens (tertiary/aromatic N) is 1. The molecule has 0 radical (unpaired) electrons. The lowest BCUT2D eigenvalue weighted by molar-refractivity contribution is -0.139. The van der Waals surface area contributed by atoms with Crippen LogP contribution in [0.2, 0.25) is 0 Å². The average molecular weight is 228 g/mol. The summed E-state index contributed by atoms with van der Waals surface area (Å²) in [6.45, 7) is 5.31. The molecule has 0 bridgehead atoms. The molecule has 4 heteroatoms. The van der Waals surface area contributed by atoms with Crippen molar-refractivity contribution in [3.8, 4) is 0 Å². The quantitative estimate of drug-likeness (QED) is 0.622. The van der Waals surface area contributed by atoms with E-state index in [1.165, 1.54) is 12.8 Å². The highest BCUT2D eigenvalue weighted by molar-refractivity contribution is 5.73. The van der Waals surface area contributed by atoms with Crippen molar-refractivity contribution < 1.29 is 9.90 Å². The summed E-state index contributed by atoms with van der Waals surface area (Å²) in [6, 6.07) is -0.404. The van der Waals surface area contributed by atoms with Gasteiger partial charge in [0.05, 0.1) is 0 Å². The molecule has 1 aliphatic carbocycles. The average Bonchev–Trinajstić information content (AvgIpc) is 3.02. The molecule has 1 rings (SSSR count). The minimum absolute atomic E-state index is 0.404. The Bertz CT molecular complexity index is 217. The zero-order chi connectivity index (χ0) is 12.0. The standard InChI is InChI=1S/C12H24N2O2/c1-3-7-14(9-10-4-5-10)8-6-11(13-2)12(15)16/h10-11,13H,3-9H2,1-2H3,(H,15,16). The van der Waals surface area contributed by atoms with Crippen LogP contribution in [0.5, 0.6) is 0 Å². The van der Waals surface area contributed by atoms with E-state index < -0.39 is 12.0 Å². The van der Waals surface area contributed by atoms with Gasteiger partial charge < -0.3 is 15.3 Å². The van der Waals surface area contributed by atoms with Gasteiger partial charge in [0.1, 0.15) is 6.04 Å². The molecular weight excluding hydrogens is 204 g/mol. The van der Waals surface area contributed by atoms with Gasteiger partial charge in [0.2, 0.25) is 0 Å². The van der Waals surface area contributed by atoms with E-state index in [1.807, 2.05) is 0 Å². The van der Waals surface area contributed by atoms with Crippen molar-refractivity contribution >= 4 is 5.97 Å². The molecule has 0 saturated heterocycles. The molecule has 0 amide bonds. The fraction of sp³-hybridized carbons (Fsp3) is 0.917. The Balaban J connectivity index is 2.26. The summed E-state index contributed by atoms with van der Waals surface area (Å²) in [5, 5.41) is 11.8. The number of hydrogen-bond acceptors (Lipinski definition) is 3. The molecule has 1 fully saturated rings. The maximum Gasteiger partial charge on any atom is 0.320 e. The molecule has 16 heavy (non-hydrogen) atoms. The van der Waals surface area contributed by atoms with E-state index in [-0.39, 0.29) is 0 Å². The molecule has 1 aliphatic rings. The molecule has 0 aromatic rings. The first-order valence-corrected chi connectivity index (χ1v) is 6.29.